The van der Waals surface area contributed by atoms with Gasteiger partial charge in [0.15, 0.2) is 0 Å². The van der Waals surface area contributed by atoms with E-state index in [1.54, 1.807) is 0 Å². The van der Waals surface area contributed by atoms with Crippen molar-refractivity contribution in [2.24, 2.45) is 11.3 Å². The van der Waals surface area contributed by atoms with E-state index in [1.165, 1.54) is 71.0 Å². The molecule has 0 aliphatic heterocycles. The van der Waals surface area contributed by atoms with Crippen molar-refractivity contribution in [2.75, 3.05) is 26.2 Å². The first kappa shape index (κ1) is 16.3. The Kier molecular flexibility index (Phi) is 6.35. The molecule has 0 atom stereocenters. The third-order valence-electron chi connectivity index (χ3n) is 5.12. The van der Waals surface area contributed by atoms with Gasteiger partial charge in [0.1, 0.15) is 0 Å². The summed E-state index contributed by atoms with van der Waals surface area (Å²) in [7, 11) is 0. The lowest BCUT2D eigenvalue weighted by Crippen LogP contribution is -2.46. The quantitative estimate of drug-likeness (QED) is 0.675. The summed E-state index contributed by atoms with van der Waals surface area (Å²) in [5, 5.41) is 3.68. The van der Waals surface area contributed by atoms with Crippen LogP contribution in [0.25, 0.3) is 0 Å². The van der Waals surface area contributed by atoms with Crippen LogP contribution in [0.15, 0.2) is 0 Å². The highest BCUT2D eigenvalue weighted by Gasteiger charge is 2.37. The van der Waals surface area contributed by atoms with Crippen molar-refractivity contribution >= 4 is 0 Å². The molecule has 0 aromatic heterocycles. The number of nitrogens with one attached hydrogen (secondary N) is 1. The first-order valence-electron chi connectivity index (χ1n) is 9.10. The molecule has 118 valence electrons. The summed E-state index contributed by atoms with van der Waals surface area (Å²) in [6.07, 6.45) is 11.6. The molecule has 0 unspecified atom stereocenters. The molecule has 2 saturated carbocycles. The van der Waals surface area contributed by atoms with Gasteiger partial charge in [0.05, 0.1) is 0 Å². The Morgan fingerprint density at radius 3 is 2.25 bits per heavy atom. The smallest absolute Gasteiger partial charge is 0.00967 e. The van der Waals surface area contributed by atoms with Gasteiger partial charge in [0.25, 0.3) is 0 Å². The van der Waals surface area contributed by atoms with Crippen molar-refractivity contribution in [3.63, 3.8) is 0 Å². The van der Waals surface area contributed by atoms with Gasteiger partial charge in [-0.3, -0.25) is 4.90 Å². The average Bonchev–Trinajstić information content (AvgIpc) is 3.23. The summed E-state index contributed by atoms with van der Waals surface area (Å²) >= 11 is 0. The van der Waals surface area contributed by atoms with E-state index in [9.17, 15) is 0 Å². The fraction of sp³-hybridized carbons (Fsp3) is 1.00. The van der Waals surface area contributed by atoms with Crippen molar-refractivity contribution in [1.82, 2.24) is 10.2 Å². The van der Waals surface area contributed by atoms with Crippen LogP contribution in [0.4, 0.5) is 0 Å². The first-order chi connectivity index (χ1) is 9.65. The molecule has 0 aromatic rings. The van der Waals surface area contributed by atoms with Gasteiger partial charge in [0.2, 0.25) is 0 Å². The molecule has 2 heteroatoms. The van der Waals surface area contributed by atoms with Gasteiger partial charge in [0, 0.05) is 25.7 Å². The molecular formula is C18H36N2. The van der Waals surface area contributed by atoms with E-state index < -0.39 is 0 Å². The predicted molar refractivity (Wildman–Crippen MR) is 88.1 cm³/mol. The zero-order valence-corrected chi connectivity index (χ0v) is 14.1. The lowest BCUT2D eigenvalue weighted by molar-refractivity contribution is 0.111. The molecular weight excluding hydrogens is 244 g/mol. The van der Waals surface area contributed by atoms with Crippen LogP contribution in [0.2, 0.25) is 0 Å². The topological polar surface area (TPSA) is 15.3 Å². The molecule has 0 heterocycles. The molecule has 2 fully saturated rings. The average molecular weight is 280 g/mol. The van der Waals surface area contributed by atoms with E-state index in [2.05, 4.69) is 31.0 Å². The number of hydrogen-bond donors (Lipinski definition) is 1. The largest absolute Gasteiger partial charge is 0.316 e. The molecule has 0 spiro atoms. The van der Waals surface area contributed by atoms with Gasteiger partial charge in [-0.2, -0.15) is 0 Å². The Labute approximate surface area is 126 Å². The van der Waals surface area contributed by atoms with Crippen LogP contribution in [0.5, 0.6) is 0 Å². The molecule has 1 N–H and O–H groups in total. The molecule has 2 rings (SSSR count). The van der Waals surface area contributed by atoms with Crippen LogP contribution in [0.3, 0.4) is 0 Å². The van der Waals surface area contributed by atoms with Crippen molar-refractivity contribution in [1.29, 1.82) is 0 Å². The summed E-state index contributed by atoms with van der Waals surface area (Å²) in [6, 6.07) is 0.916. The number of rotatable bonds is 8. The molecule has 0 saturated heterocycles. The number of nitrogens with zero attached hydrogens (tertiary/aromatic N) is 1. The molecule has 0 radical (unpaired) electrons. The predicted octanol–water partition coefficient (Wildman–Crippen LogP) is 4.06. The summed E-state index contributed by atoms with van der Waals surface area (Å²) in [4.78, 5) is 2.84. The first-order valence-corrected chi connectivity index (χ1v) is 9.10. The maximum Gasteiger partial charge on any atom is 0.00967 e. The molecule has 2 nitrogen and oxygen atoms in total. The Balaban J connectivity index is 1.99. The van der Waals surface area contributed by atoms with Crippen LogP contribution in [-0.2, 0) is 0 Å². The molecule has 2 aliphatic carbocycles. The molecule has 0 aromatic carbocycles. The van der Waals surface area contributed by atoms with Crippen molar-refractivity contribution < 1.29 is 0 Å². The van der Waals surface area contributed by atoms with Crippen molar-refractivity contribution in [3.8, 4) is 0 Å². The Bertz CT molecular complexity index is 263. The van der Waals surface area contributed by atoms with Crippen LogP contribution < -0.4 is 5.32 Å². The normalized spacial score (nSPS) is 23.2. The van der Waals surface area contributed by atoms with Crippen LogP contribution in [0, 0.1) is 11.3 Å². The van der Waals surface area contributed by atoms with Crippen molar-refractivity contribution in [3.05, 3.63) is 0 Å². The summed E-state index contributed by atoms with van der Waals surface area (Å²) in [5.41, 5.74) is 0.560. The minimum atomic E-state index is 0.560. The highest BCUT2D eigenvalue weighted by molar-refractivity contribution is 4.92. The van der Waals surface area contributed by atoms with E-state index in [0.29, 0.717) is 5.41 Å². The fourth-order valence-electron chi connectivity index (χ4n) is 3.94. The minimum Gasteiger partial charge on any atom is -0.316 e. The second-order valence-electron chi connectivity index (χ2n) is 7.75. The minimum absolute atomic E-state index is 0.560. The van der Waals surface area contributed by atoms with Gasteiger partial charge >= 0.3 is 0 Å². The van der Waals surface area contributed by atoms with E-state index in [4.69, 9.17) is 0 Å². The third-order valence-corrected chi connectivity index (χ3v) is 5.12. The van der Waals surface area contributed by atoms with E-state index >= 15 is 0 Å². The molecule has 0 amide bonds. The Morgan fingerprint density at radius 1 is 1.10 bits per heavy atom. The maximum atomic E-state index is 3.68. The van der Waals surface area contributed by atoms with Gasteiger partial charge < -0.3 is 5.32 Å². The third kappa shape index (κ3) is 5.04. The highest BCUT2D eigenvalue weighted by atomic mass is 15.2. The SMILES string of the molecule is CCNCC1(CN(CC(C)C)C2CC2)CCCCCC1. The summed E-state index contributed by atoms with van der Waals surface area (Å²) in [6.45, 7) is 12.0. The van der Waals surface area contributed by atoms with Gasteiger partial charge in [-0.15, -0.1) is 0 Å². The van der Waals surface area contributed by atoms with E-state index in [0.717, 1.165) is 18.5 Å². The zero-order valence-electron chi connectivity index (χ0n) is 14.1. The number of hydrogen-bond acceptors (Lipinski definition) is 2. The fourth-order valence-corrected chi connectivity index (χ4v) is 3.94. The molecule has 0 bridgehead atoms. The maximum absolute atomic E-state index is 3.68. The summed E-state index contributed by atoms with van der Waals surface area (Å²) in [5.74, 6) is 0.803. The van der Waals surface area contributed by atoms with Gasteiger partial charge in [-0.05, 0) is 43.6 Å². The van der Waals surface area contributed by atoms with E-state index in [-0.39, 0.29) is 0 Å². The van der Waals surface area contributed by atoms with E-state index in [1.807, 2.05) is 0 Å². The lowest BCUT2D eigenvalue weighted by Gasteiger charge is -2.39. The Morgan fingerprint density at radius 2 is 1.75 bits per heavy atom. The van der Waals surface area contributed by atoms with Crippen LogP contribution in [-0.4, -0.2) is 37.1 Å². The van der Waals surface area contributed by atoms with Crippen LogP contribution >= 0.6 is 0 Å². The summed E-state index contributed by atoms with van der Waals surface area (Å²) < 4.78 is 0. The lowest BCUT2D eigenvalue weighted by atomic mass is 9.79. The zero-order chi connectivity index (χ0) is 14.4. The van der Waals surface area contributed by atoms with Gasteiger partial charge in [-0.1, -0.05) is 46.5 Å². The van der Waals surface area contributed by atoms with Gasteiger partial charge in [-0.25, -0.2) is 0 Å². The van der Waals surface area contributed by atoms with Crippen molar-refractivity contribution in [2.45, 2.75) is 78.2 Å². The molecule has 2 aliphatic rings. The monoisotopic (exact) mass is 280 g/mol. The molecule has 20 heavy (non-hydrogen) atoms. The Hall–Kier alpha value is -0.0800. The second-order valence-corrected chi connectivity index (χ2v) is 7.75. The standard InChI is InChI=1S/C18H36N2/c1-4-19-14-18(11-7-5-6-8-12-18)15-20(13-16(2)3)17-9-10-17/h16-17,19H,4-15H2,1-3H3. The highest BCUT2D eigenvalue weighted by Crippen LogP contribution is 2.38. The van der Waals surface area contributed by atoms with Crippen LogP contribution in [0.1, 0.15) is 72.1 Å². The second kappa shape index (κ2) is 7.79.